The number of carbonyl (C=O) groups is 4. The molecule has 0 saturated carbocycles. The molecule has 4 N–H and O–H groups in total. The van der Waals surface area contributed by atoms with Gasteiger partial charge in [0.2, 0.25) is 23.6 Å². The van der Waals surface area contributed by atoms with Crippen LogP contribution in [0.25, 0.3) is 10.4 Å². The fourth-order valence-corrected chi connectivity index (χ4v) is 8.79. The minimum Gasteiger partial charge on any atom is -0.366 e. The van der Waals surface area contributed by atoms with Crippen molar-refractivity contribution in [1.82, 2.24) is 35.3 Å². The number of pyridine rings is 1. The zero-order chi connectivity index (χ0) is 39.3. The highest BCUT2D eigenvalue weighted by atomic mass is 32.1. The molecule has 3 atom stereocenters. The number of amides is 4. The summed E-state index contributed by atoms with van der Waals surface area (Å²) in [4.78, 5) is 71.1. The standard InChI is InChI=1S/C41H57N9O4S/c1-27(30-8-10-31(11-9-30)36-28(2)44-26-55-36)45-39(53)33-7-6-16-50(33)40(54)37(41(3,4)5)46-35(51)25-48-21-19-47(20-22-48)24-29-14-17-49(18-15-29)34-13-12-32(23-43-34)38(42)52/h8-13,23,26-27,29,33,37H,6-7,14-22,24-25H2,1-5H3,(H2,42,52)(H,45,53)(H,46,51)/t27-,33-,37?/m0/s1. The van der Waals surface area contributed by atoms with Crippen molar-refractivity contribution < 1.29 is 19.2 Å². The third-order valence-electron chi connectivity index (χ3n) is 11.4. The molecule has 0 radical (unpaired) electrons. The first kappa shape index (κ1) is 40.3. The summed E-state index contributed by atoms with van der Waals surface area (Å²) < 4.78 is 0. The highest BCUT2D eigenvalue weighted by Crippen LogP contribution is 2.30. The van der Waals surface area contributed by atoms with Gasteiger partial charge < -0.3 is 31.1 Å². The summed E-state index contributed by atoms with van der Waals surface area (Å²) in [5.74, 6) is 0.462. The van der Waals surface area contributed by atoms with E-state index in [0.717, 1.165) is 92.6 Å². The van der Waals surface area contributed by atoms with Gasteiger partial charge in [-0.3, -0.25) is 24.1 Å². The van der Waals surface area contributed by atoms with Crippen LogP contribution in [-0.2, 0) is 14.4 Å². The van der Waals surface area contributed by atoms with Crippen LogP contribution in [0.15, 0.2) is 48.1 Å². The summed E-state index contributed by atoms with van der Waals surface area (Å²) >= 11 is 1.61. The van der Waals surface area contributed by atoms with E-state index in [4.69, 9.17) is 5.73 Å². The minimum atomic E-state index is -0.753. The molecular weight excluding hydrogens is 715 g/mol. The van der Waals surface area contributed by atoms with Crippen LogP contribution in [0.5, 0.6) is 0 Å². The van der Waals surface area contributed by atoms with Crippen molar-refractivity contribution >= 4 is 40.8 Å². The molecule has 5 heterocycles. The number of rotatable bonds is 12. The Hall–Kier alpha value is -4.40. The number of nitrogens with one attached hydrogen (secondary N) is 2. The number of piperidine rings is 1. The number of aromatic nitrogens is 2. The van der Waals surface area contributed by atoms with E-state index in [1.807, 2.05) is 58.3 Å². The molecule has 3 aliphatic rings. The van der Waals surface area contributed by atoms with Crippen molar-refractivity contribution in [3.63, 3.8) is 0 Å². The average molecular weight is 772 g/mol. The third kappa shape index (κ3) is 10.1. The SMILES string of the molecule is Cc1ncsc1-c1ccc([C@H](C)NC(=O)[C@@H]2CCCN2C(=O)C(NC(=O)CN2CCN(CC3CCN(c4ccc(C(N)=O)cn4)CC3)CC2)C(C)(C)C)cc1. The molecule has 3 saturated heterocycles. The predicted molar refractivity (Wildman–Crippen MR) is 216 cm³/mol. The van der Waals surface area contributed by atoms with Crippen molar-refractivity contribution in [2.45, 2.75) is 78.4 Å². The first-order valence-electron chi connectivity index (χ1n) is 19.6. The molecule has 0 bridgehead atoms. The van der Waals surface area contributed by atoms with Crippen molar-refractivity contribution in [1.29, 1.82) is 0 Å². The Kier molecular flexibility index (Phi) is 12.9. The van der Waals surface area contributed by atoms with Crippen LogP contribution < -0.4 is 21.3 Å². The van der Waals surface area contributed by atoms with Crippen molar-refractivity contribution in [3.05, 3.63) is 64.9 Å². The molecule has 13 nitrogen and oxygen atoms in total. The van der Waals surface area contributed by atoms with Gasteiger partial charge in [0.1, 0.15) is 17.9 Å². The largest absolute Gasteiger partial charge is 0.366 e. The monoisotopic (exact) mass is 771 g/mol. The Morgan fingerprint density at radius 2 is 1.58 bits per heavy atom. The van der Waals surface area contributed by atoms with E-state index in [-0.39, 0.29) is 30.3 Å². The lowest BCUT2D eigenvalue weighted by molar-refractivity contribution is -0.144. The first-order chi connectivity index (χ1) is 26.3. The molecule has 4 amide bonds. The van der Waals surface area contributed by atoms with Gasteiger partial charge in [-0.25, -0.2) is 9.97 Å². The van der Waals surface area contributed by atoms with E-state index in [1.54, 1.807) is 28.5 Å². The summed E-state index contributed by atoms with van der Waals surface area (Å²) in [5, 5.41) is 6.22. The molecule has 1 aromatic carbocycles. The second-order valence-electron chi connectivity index (χ2n) is 16.5. The molecule has 6 rings (SSSR count). The Bertz CT molecular complexity index is 1790. The quantitative estimate of drug-likeness (QED) is 0.249. The second-order valence-corrected chi connectivity index (χ2v) is 17.3. The van der Waals surface area contributed by atoms with E-state index < -0.39 is 23.4 Å². The lowest BCUT2D eigenvalue weighted by atomic mass is 9.85. The lowest BCUT2D eigenvalue weighted by Gasteiger charge is -2.39. The van der Waals surface area contributed by atoms with Crippen molar-refractivity contribution in [2.24, 2.45) is 17.1 Å². The number of nitrogens with zero attached hydrogens (tertiary/aromatic N) is 6. The fourth-order valence-electron chi connectivity index (χ4n) is 7.98. The summed E-state index contributed by atoms with van der Waals surface area (Å²) in [5.41, 5.74) is 10.2. The molecule has 1 unspecified atom stereocenters. The van der Waals surface area contributed by atoms with Crippen LogP contribution in [0, 0.1) is 18.3 Å². The topological polar surface area (TPSA) is 157 Å². The summed E-state index contributed by atoms with van der Waals surface area (Å²) in [6.07, 6.45) is 5.02. The van der Waals surface area contributed by atoms with Crippen LogP contribution >= 0.6 is 11.3 Å². The lowest BCUT2D eigenvalue weighted by Crippen LogP contribution is -2.59. The summed E-state index contributed by atoms with van der Waals surface area (Å²) in [7, 11) is 0. The number of anilines is 1. The normalized spacial score (nSPS) is 19.9. The molecule has 0 aliphatic carbocycles. The predicted octanol–water partition coefficient (Wildman–Crippen LogP) is 3.85. The van der Waals surface area contributed by atoms with Gasteiger partial charge in [0, 0.05) is 58.6 Å². The number of benzene rings is 1. The molecular formula is C41H57N9O4S. The number of carbonyl (C=O) groups excluding carboxylic acids is 4. The van der Waals surface area contributed by atoms with Gasteiger partial charge in [-0.1, -0.05) is 45.0 Å². The molecule has 55 heavy (non-hydrogen) atoms. The Balaban J connectivity index is 0.952. The maximum absolute atomic E-state index is 14.1. The van der Waals surface area contributed by atoms with Crippen LogP contribution in [0.1, 0.15) is 81.0 Å². The number of hydrogen-bond acceptors (Lipinski definition) is 10. The Labute approximate surface area is 329 Å². The zero-order valence-corrected chi connectivity index (χ0v) is 33.7. The molecule has 0 spiro atoms. The van der Waals surface area contributed by atoms with E-state index in [0.29, 0.717) is 24.4 Å². The summed E-state index contributed by atoms with van der Waals surface area (Å²) in [6, 6.07) is 10.2. The maximum atomic E-state index is 14.1. The van der Waals surface area contributed by atoms with Gasteiger partial charge in [-0.05, 0) is 74.1 Å². The minimum absolute atomic E-state index is 0.169. The average Bonchev–Trinajstić information content (AvgIpc) is 3.84. The molecule has 296 valence electrons. The number of likely N-dealkylation sites (tertiary alicyclic amines) is 1. The van der Waals surface area contributed by atoms with Crippen LogP contribution in [0.3, 0.4) is 0 Å². The van der Waals surface area contributed by atoms with E-state index >= 15 is 0 Å². The van der Waals surface area contributed by atoms with Gasteiger partial charge in [-0.2, -0.15) is 0 Å². The number of primary amides is 1. The van der Waals surface area contributed by atoms with E-state index in [9.17, 15) is 19.2 Å². The van der Waals surface area contributed by atoms with Crippen LogP contribution in [0.2, 0.25) is 0 Å². The van der Waals surface area contributed by atoms with Crippen molar-refractivity contribution in [2.75, 3.05) is 63.8 Å². The maximum Gasteiger partial charge on any atom is 0.250 e. The number of piperazine rings is 1. The van der Waals surface area contributed by atoms with Crippen LogP contribution in [-0.4, -0.2) is 119 Å². The number of aryl methyl sites for hydroxylation is 1. The highest BCUT2D eigenvalue weighted by Gasteiger charge is 2.42. The number of hydrogen-bond donors (Lipinski definition) is 3. The molecule has 2 aromatic heterocycles. The molecule has 14 heteroatoms. The van der Waals surface area contributed by atoms with E-state index in [1.165, 1.54) is 0 Å². The van der Waals surface area contributed by atoms with Gasteiger partial charge >= 0.3 is 0 Å². The van der Waals surface area contributed by atoms with Gasteiger partial charge in [0.05, 0.1) is 34.2 Å². The van der Waals surface area contributed by atoms with Crippen molar-refractivity contribution in [3.8, 4) is 10.4 Å². The number of nitrogens with two attached hydrogens (primary N) is 1. The van der Waals surface area contributed by atoms with Gasteiger partial charge in [-0.15, -0.1) is 11.3 Å². The Morgan fingerprint density at radius 1 is 0.891 bits per heavy atom. The molecule has 3 aromatic rings. The second kappa shape index (κ2) is 17.6. The van der Waals surface area contributed by atoms with Crippen LogP contribution in [0.4, 0.5) is 5.82 Å². The Morgan fingerprint density at radius 3 is 2.18 bits per heavy atom. The van der Waals surface area contributed by atoms with E-state index in [2.05, 4.69) is 47.4 Å². The fraction of sp³-hybridized carbons (Fsp3) is 0.561. The third-order valence-corrected chi connectivity index (χ3v) is 12.3. The zero-order valence-electron chi connectivity index (χ0n) is 32.9. The summed E-state index contributed by atoms with van der Waals surface area (Å²) in [6.45, 7) is 16.8. The first-order valence-corrected chi connectivity index (χ1v) is 20.5. The number of thiazole rings is 1. The molecule has 3 fully saturated rings. The smallest absolute Gasteiger partial charge is 0.250 e. The van der Waals surface area contributed by atoms with Gasteiger partial charge in [0.15, 0.2) is 0 Å². The highest BCUT2D eigenvalue weighted by molar-refractivity contribution is 7.13. The molecule has 3 aliphatic heterocycles. The van der Waals surface area contributed by atoms with Gasteiger partial charge in [0.25, 0.3) is 0 Å².